The van der Waals surface area contributed by atoms with Gasteiger partial charge >= 0.3 is 0 Å². The van der Waals surface area contributed by atoms with Crippen LogP contribution >= 0.6 is 0 Å². The van der Waals surface area contributed by atoms with Gasteiger partial charge < -0.3 is 15.8 Å². The molecule has 1 aromatic rings. The summed E-state index contributed by atoms with van der Waals surface area (Å²) in [6.45, 7) is 3.32. The summed E-state index contributed by atoms with van der Waals surface area (Å²) in [5.74, 6) is 2.51. The van der Waals surface area contributed by atoms with Crippen molar-refractivity contribution in [2.45, 2.75) is 13.3 Å². The van der Waals surface area contributed by atoms with Crippen LogP contribution in [0.2, 0.25) is 0 Å². The number of rotatable bonds is 4. The van der Waals surface area contributed by atoms with Crippen molar-refractivity contribution in [3.8, 4) is 5.75 Å². The van der Waals surface area contributed by atoms with Crippen molar-refractivity contribution in [1.29, 1.82) is 0 Å². The van der Waals surface area contributed by atoms with Crippen molar-refractivity contribution in [3.05, 3.63) is 18.2 Å². The van der Waals surface area contributed by atoms with E-state index in [1.54, 1.807) is 7.11 Å². The maximum Gasteiger partial charge on any atom is 0.122 e. The van der Waals surface area contributed by atoms with E-state index in [2.05, 4.69) is 12.2 Å². The molecule has 1 aliphatic rings. The summed E-state index contributed by atoms with van der Waals surface area (Å²) >= 11 is 0. The van der Waals surface area contributed by atoms with Gasteiger partial charge in [-0.1, -0.05) is 6.92 Å². The summed E-state index contributed by atoms with van der Waals surface area (Å²) < 4.78 is 5.16. The molecule has 0 amide bonds. The second kappa shape index (κ2) is 4.01. The lowest BCUT2D eigenvalue weighted by molar-refractivity contribution is 0.415. The number of nitrogen functional groups attached to an aromatic ring is 1. The van der Waals surface area contributed by atoms with Gasteiger partial charge in [0.25, 0.3) is 0 Å². The smallest absolute Gasteiger partial charge is 0.122 e. The first-order valence-electron chi connectivity index (χ1n) is 5.37. The molecule has 0 aliphatic heterocycles. The summed E-state index contributed by atoms with van der Waals surface area (Å²) in [5.41, 5.74) is 7.55. The zero-order valence-corrected chi connectivity index (χ0v) is 9.29. The van der Waals surface area contributed by atoms with Gasteiger partial charge in [0.2, 0.25) is 0 Å². The minimum absolute atomic E-state index is 0.737. The number of ether oxygens (including phenoxy) is 1. The first-order chi connectivity index (χ1) is 7.19. The Morgan fingerprint density at radius 1 is 1.47 bits per heavy atom. The summed E-state index contributed by atoms with van der Waals surface area (Å²) in [6.07, 6.45) is 1.34. The highest BCUT2D eigenvalue weighted by Gasteiger charge is 2.31. The minimum atomic E-state index is 0.737. The first kappa shape index (κ1) is 10.1. The zero-order chi connectivity index (χ0) is 10.8. The SMILES string of the molecule is COc1cc(N)cc(NCC2CC2C)c1. The van der Waals surface area contributed by atoms with Gasteiger partial charge in [0.05, 0.1) is 7.11 Å². The fourth-order valence-electron chi connectivity index (χ4n) is 1.77. The molecule has 82 valence electrons. The van der Waals surface area contributed by atoms with Gasteiger partial charge in [-0.3, -0.25) is 0 Å². The molecule has 3 nitrogen and oxygen atoms in total. The van der Waals surface area contributed by atoms with E-state index in [0.717, 1.165) is 35.5 Å². The molecule has 1 saturated carbocycles. The second-order valence-corrected chi connectivity index (χ2v) is 4.35. The van der Waals surface area contributed by atoms with Gasteiger partial charge in [0.1, 0.15) is 5.75 Å². The molecule has 3 N–H and O–H groups in total. The molecule has 0 heterocycles. The second-order valence-electron chi connectivity index (χ2n) is 4.35. The van der Waals surface area contributed by atoms with Crippen molar-refractivity contribution < 1.29 is 4.74 Å². The van der Waals surface area contributed by atoms with Gasteiger partial charge in [-0.15, -0.1) is 0 Å². The Morgan fingerprint density at radius 3 is 2.80 bits per heavy atom. The molecule has 1 fully saturated rings. The Bertz CT molecular complexity index is 351. The van der Waals surface area contributed by atoms with Crippen LogP contribution < -0.4 is 15.8 Å². The van der Waals surface area contributed by atoms with Crippen LogP contribution in [0.1, 0.15) is 13.3 Å². The monoisotopic (exact) mass is 206 g/mol. The van der Waals surface area contributed by atoms with Crippen LogP contribution in [0.4, 0.5) is 11.4 Å². The maximum atomic E-state index is 5.76. The lowest BCUT2D eigenvalue weighted by Gasteiger charge is -2.09. The number of hydrogen-bond donors (Lipinski definition) is 2. The van der Waals surface area contributed by atoms with Gasteiger partial charge in [-0.05, 0) is 24.3 Å². The topological polar surface area (TPSA) is 47.3 Å². The van der Waals surface area contributed by atoms with Crippen molar-refractivity contribution in [1.82, 2.24) is 0 Å². The predicted octanol–water partition coefficient (Wildman–Crippen LogP) is 2.35. The van der Waals surface area contributed by atoms with E-state index < -0.39 is 0 Å². The summed E-state index contributed by atoms with van der Waals surface area (Å²) in [6, 6.07) is 5.74. The maximum absolute atomic E-state index is 5.76. The molecule has 0 bridgehead atoms. The van der Waals surface area contributed by atoms with E-state index in [1.165, 1.54) is 6.42 Å². The van der Waals surface area contributed by atoms with Crippen molar-refractivity contribution in [2.24, 2.45) is 11.8 Å². The van der Waals surface area contributed by atoms with E-state index in [9.17, 15) is 0 Å². The largest absolute Gasteiger partial charge is 0.497 e. The Kier molecular flexibility index (Phi) is 2.71. The van der Waals surface area contributed by atoms with Crippen LogP contribution in [0.25, 0.3) is 0 Å². The van der Waals surface area contributed by atoms with E-state index >= 15 is 0 Å². The fourth-order valence-corrected chi connectivity index (χ4v) is 1.77. The number of nitrogens with two attached hydrogens (primary N) is 1. The van der Waals surface area contributed by atoms with E-state index in [0.29, 0.717) is 0 Å². The highest BCUT2D eigenvalue weighted by Crippen LogP contribution is 2.37. The molecule has 2 unspecified atom stereocenters. The Labute approximate surface area is 90.6 Å². The molecule has 1 aliphatic carbocycles. The molecule has 0 spiro atoms. The number of benzene rings is 1. The molecule has 0 aromatic heterocycles. The molecule has 0 saturated heterocycles. The van der Waals surface area contributed by atoms with Gasteiger partial charge in [0.15, 0.2) is 0 Å². The number of anilines is 2. The van der Waals surface area contributed by atoms with Crippen LogP contribution in [0.15, 0.2) is 18.2 Å². The fraction of sp³-hybridized carbons (Fsp3) is 0.500. The number of methoxy groups -OCH3 is 1. The van der Waals surface area contributed by atoms with E-state index in [-0.39, 0.29) is 0 Å². The predicted molar refractivity (Wildman–Crippen MR) is 63.2 cm³/mol. The number of nitrogens with one attached hydrogen (secondary N) is 1. The van der Waals surface area contributed by atoms with Crippen molar-refractivity contribution in [2.75, 3.05) is 24.7 Å². The lowest BCUT2D eigenvalue weighted by atomic mass is 10.2. The first-order valence-corrected chi connectivity index (χ1v) is 5.37. The van der Waals surface area contributed by atoms with Gasteiger partial charge in [-0.2, -0.15) is 0 Å². The summed E-state index contributed by atoms with van der Waals surface area (Å²) in [7, 11) is 1.65. The highest BCUT2D eigenvalue weighted by molar-refractivity contribution is 5.59. The molecular formula is C12H18N2O. The van der Waals surface area contributed by atoms with Crippen LogP contribution in [0.5, 0.6) is 5.75 Å². The standard InChI is InChI=1S/C12H18N2O/c1-8-3-9(8)7-14-11-4-10(13)5-12(6-11)15-2/h4-6,8-9,14H,3,7,13H2,1-2H3. The average molecular weight is 206 g/mol. The molecular weight excluding hydrogens is 188 g/mol. The van der Waals surface area contributed by atoms with Crippen molar-refractivity contribution in [3.63, 3.8) is 0 Å². The quantitative estimate of drug-likeness (QED) is 0.743. The highest BCUT2D eigenvalue weighted by atomic mass is 16.5. The van der Waals surface area contributed by atoms with Crippen LogP contribution in [-0.2, 0) is 0 Å². The number of hydrogen-bond acceptors (Lipinski definition) is 3. The summed E-state index contributed by atoms with van der Waals surface area (Å²) in [4.78, 5) is 0. The van der Waals surface area contributed by atoms with E-state index in [1.807, 2.05) is 18.2 Å². The van der Waals surface area contributed by atoms with Crippen LogP contribution in [0.3, 0.4) is 0 Å². The molecule has 0 radical (unpaired) electrons. The lowest BCUT2D eigenvalue weighted by Crippen LogP contribution is -2.05. The van der Waals surface area contributed by atoms with Crippen molar-refractivity contribution >= 4 is 11.4 Å². The Balaban J connectivity index is 1.97. The molecule has 2 atom stereocenters. The molecule has 1 aromatic carbocycles. The third kappa shape index (κ3) is 2.55. The zero-order valence-electron chi connectivity index (χ0n) is 9.29. The normalized spacial score (nSPS) is 23.6. The average Bonchev–Trinajstić information content (AvgIpc) is 2.91. The van der Waals surface area contributed by atoms with Crippen LogP contribution in [0, 0.1) is 11.8 Å². The molecule has 3 heteroatoms. The summed E-state index contributed by atoms with van der Waals surface area (Å²) in [5, 5.41) is 3.39. The molecule has 2 rings (SSSR count). The Morgan fingerprint density at radius 2 is 2.20 bits per heavy atom. The third-order valence-electron chi connectivity index (χ3n) is 3.01. The van der Waals surface area contributed by atoms with Gasteiger partial charge in [-0.25, -0.2) is 0 Å². The minimum Gasteiger partial charge on any atom is -0.497 e. The third-order valence-corrected chi connectivity index (χ3v) is 3.01. The van der Waals surface area contributed by atoms with E-state index in [4.69, 9.17) is 10.5 Å². The van der Waals surface area contributed by atoms with Gasteiger partial charge in [0, 0.05) is 30.1 Å². The Hall–Kier alpha value is -1.38. The molecule has 15 heavy (non-hydrogen) atoms. The van der Waals surface area contributed by atoms with Crippen LogP contribution in [-0.4, -0.2) is 13.7 Å².